The standard InChI is InChI=1S/C12H14O2/c1-8-9-6-4-5-7-10(9)14-12(2,3)11(8)13/h4-7,11,13H,1H2,2-3H3. The van der Waals surface area contributed by atoms with E-state index in [4.69, 9.17) is 4.74 Å². The normalized spacial score (nSPS) is 23.9. The van der Waals surface area contributed by atoms with Crippen LogP contribution in [-0.2, 0) is 0 Å². The molecule has 0 radical (unpaired) electrons. The van der Waals surface area contributed by atoms with Gasteiger partial charge in [0.05, 0.1) is 0 Å². The van der Waals surface area contributed by atoms with Crippen LogP contribution in [0.25, 0.3) is 5.57 Å². The number of benzene rings is 1. The van der Waals surface area contributed by atoms with Crippen LogP contribution < -0.4 is 4.74 Å². The lowest BCUT2D eigenvalue weighted by Gasteiger charge is -2.38. The molecule has 0 fully saturated rings. The molecular weight excluding hydrogens is 176 g/mol. The summed E-state index contributed by atoms with van der Waals surface area (Å²) in [4.78, 5) is 0. The highest BCUT2D eigenvalue weighted by Crippen LogP contribution is 2.38. The first-order valence-corrected chi connectivity index (χ1v) is 4.67. The van der Waals surface area contributed by atoms with Gasteiger partial charge in [0.15, 0.2) is 0 Å². The number of para-hydroxylation sites is 1. The van der Waals surface area contributed by atoms with Gasteiger partial charge in [-0.15, -0.1) is 0 Å². The Morgan fingerprint density at radius 2 is 2.00 bits per heavy atom. The van der Waals surface area contributed by atoms with E-state index in [0.717, 1.165) is 16.9 Å². The molecule has 0 saturated carbocycles. The molecule has 2 heteroatoms. The van der Waals surface area contributed by atoms with E-state index in [2.05, 4.69) is 6.58 Å². The molecule has 2 rings (SSSR count). The number of fused-ring (bicyclic) bond motifs is 1. The zero-order valence-corrected chi connectivity index (χ0v) is 8.45. The zero-order chi connectivity index (χ0) is 10.3. The number of aliphatic hydroxyl groups excluding tert-OH is 1. The van der Waals surface area contributed by atoms with Gasteiger partial charge < -0.3 is 9.84 Å². The minimum Gasteiger partial charge on any atom is -0.484 e. The third-order valence-electron chi connectivity index (χ3n) is 2.59. The highest BCUT2D eigenvalue weighted by Gasteiger charge is 2.37. The van der Waals surface area contributed by atoms with Gasteiger partial charge in [0.1, 0.15) is 17.5 Å². The second-order valence-corrected chi connectivity index (χ2v) is 4.13. The quantitative estimate of drug-likeness (QED) is 0.679. The Kier molecular flexibility index (Phi) is 1.89. The molecule has 1 unspecified atom stereocenters. The average Bonchev–Trinajstić information content (AvgIpc) is 2.14. The third-order valence-corrected chi connectivity index (χ3v) is 2.59. The molecule has 0 aromatic heterocycles. The molecule has 0 amide bonds. The predicted molar refractivity (Wildman–Crippen MR) is 56.2 cm³/mol. The Hall–Kier alpha value is -1.28. The van der Waals surface area contributed by atoms with Crippen molar-refractivity contribution in [2.45, 2.75) is 25.6 Å². The van der Waals surface area contributed by atoms with Crippen molar-refractivity contribution in [3.05, 3.63) is 36.4 Å². The van der Waals surface area contributed by atoms with Gasteiger partial charge in [-0.2, -0.15) is 0 Å². The minimum absolute atomic E-state index is 0.592. The van der Waals surface area contributed by atoms with Crippen LogP contribution in [0.5, 0.6) is 5.75 Å². The van der Waals surface area contributed by atoms with Gasteiger partial charge in [-0.25, -0.2) is 0 Å². The van der Waals surface area contributed by atoms with Crippen molar-refractivity contribution in [3.63, 3.8) is 0 Å². The van der Waals surface area contributed by atoms with Crippen LogP contribution in [0.4, 0.5) is 0 Å². The average molecular weight is 190 g/mol. The van der Waals surface area contributed by atoms with Crippen molar-refractivity contribution in [2.24, 2.45) is 0 Å². The lowest BCUT2D eigenvalue weighted by molar-refractivity contribution is -0.00401. The van der Waals surface area contributed by atoms with Crippen LogP contribution in [0.2, 0.25) is 0 Å². The molecule has 2 nitrogen and oxygen atoms in total. The van der Waals surface area contributed by atoms with E-state index in [1.807, 2.05) is 38.1 Å². The van der Waals surface area contributed by atoms with Crippen molar-refractivity contribution >= 4 is 5.57 Å². The van der Waals surface area contributed by atoms with Gasteiger partial charge in [-0.05, 0) is 25.5 Å². The third kappa shape index (κ3) is 1.23. The van der Waals surface area contributed by atoms with E-state index < -0.39 is 11.7 Å². The molecule has 74 valence electrons. The van der Waals surface area contributed by atoms with Crippen LogP contribution in [0.3, 0.4) is 0 Å². The Morgan fingerprint density at radius 3 is 2.71 bits per heavy atom. The lowest BCUT2D eigenvalue weighted by Crippen LogP contribution is -2.45. The summed E-state index contributed by atoms with van der Waals surface area (Å²) in [5.74, 6) is 0.799. The number of hydrogen-bond acceptors (Lipinski definition) is 2. The fraction of sp³-hybridized carbons (Fsp3) is 0.333. The largest absolute Gasteiger partial charge is 0.484 e. The molecule has 0 bridgehead atoms. The smallest absolute Gasteiger partial charge is 0.133 e. The van der Waals surface area contributed by atoms with E-state index in [0.29, 0.717) is 0 Å². The summed E-state index contributed by atoms with van der Waals surface area (Å²) < 4.78 is 5.69. The van der Waals surface area contributed by atoms with Crippen molar-refractivity contribution in [2.75, 3.05) is 0 Å². The van der Waals surface area contributed by atoms with Crippen molar-refractivity contribution in [1.29, 1.82) is 0 Å². The van der Waals surface area contributed by atoms with Crippen LogP contribution in [0.15, 0.2) is 30.8 Å². The Labute approximate surface area is 83.8 Å². The van der Waals surface area contributed by atoms with Crippen LogP contribution in [0, 0.1) is 0 Å². The monoisotopic (exact) mass is 190 g/mol. The maximum atomic E-state index is 9.93. The van der Waals surface area contributed by atoms with E-state index in [9.17, 15) is 5.11 Å². The molecule has 1 aliphatic heterocycles. The molecule has 1 heterocycles. The Morgan fingerprint density at radius 1 is 1.36 bits per heavy atom. The number of rotatable bonds is 0. The fourth-order valence-electron chi connectivity index (χ4n) is 1.73. The van der Waals surface area contributed by atoms with E-state index >= 15 is 0 Å². The predicted octanol–water partition coefficient (Wildman–Crippen LogP) is 2.23. The van der Waals surface area contributed by atoms with E-state index in [1.165, 1.54) is 0 Å². The summed E-state index contributed by atoms with van der Waals surface area (Å²) in [5, 5.41) is 9.93. The molecular formula is C12H14O2. The SMILES string of the molecule is C=C1c2ccccc2OC(C)(C)C1O. The van der Waals surface area contributed by atoms with Gasteiger partial charge in [0.2, 0.25) is 0 Å². The summed E-state index contributed by atoms with van der Waals surface area (Å²) in [6, 6.07) is 7.64. The molecule has 1 atom stereocenters. The molecule has 1 aromatic carbocycles. The van der Waals surface area contributed by atoms with Gasteiger partial charge in [-0.1, -0.05) is 24.8 Å². The van der Waals surface area contributed by atoms with Crippen LogP contribution in [-0.4, -0.2) is 16.8 Å². The Bertz CT molecular complexity index is 380. The lowest BCUT2D eigenvalue weighted by atomic mass is 9.87. The molecule has 0 saturated heterocycles. The summed E-state index contributed by atoms with van der Waals surface area (Å²) in [7, 11) is 0. The van der Waals surface area contributed by atoms with Gasteiger partial charge in [0, 0.05) is 5.56 Å². The van der Waals surface area contributed by atoms with Gasteiger partial charge in [-0.3, -0.25) is 0 Å². The molecule has 1 aromatic rings. The molecule has 0 spiro atoms. The summed E-state index contributed by atoms with van der Waals surface area (Å²) in [6.45, 7) is 7.62. The number of aliphatic hydroxyl groups is 1. The summed E-state index contributed by atoms with van der Waals surface area (Å²) >= 11 is 0. The first-order chi connectivity index (χ1) is 6.52. The number of hydrogen-bond donors (Lipinski definition) is 1. The first-order valence-electron chi connectivity index (χ1n) is 4.67. The minimum atomic E-state index is -0.641. The van der Waals surface area contributed by atoms with Gasteiger partial charge in [0.25, 0.3) is 0 Å². The van der Waals surface area contributed by atoms with Crippen molar-refractivity contribution in [3.8, 4) is 5.75 Å². The van der Waals surface area contributed by atoms with Crippen molar-refractivity contribution < 1.29 is 9.84 Å². The molecule has 1 N–H and O–H groups in total. The fourth-order valence-corrected chi connectivity index (χ4v) is 1.73. The summed E-state index contributed by atoms with van der Waals surface area (Å²) in [6.07, 6.45) is -0.641. The second kappa shape index (κ2) is 2.85. The van der Waals surface area contributed by atoms with Gasteiger partial charge >= 0.3 is 0 Å². The zero-order valence-electron chi connectivity index (χ0n) is 8.45. The second-order valence-electron chi connectivity index (χ2n) is 4.13. The topological polar surface area (TPSA) is 29.5 Å². The van der Waals surface area contributed by atoms with Crippen LogP contribution >= 0.6 is 0 Å². The highest BCUT2D eigenvalue weighted by atomic mass is 16.5. The Balaban J connectivity index is 2.54. The van der Waals surface area contributed by atoms with E-state index in [1.54, 1.807) is 0 Å². The first kappa shape index (κ1) is 9.28. The maximum absolute atomic E-state index is 9.93. The van der Waals surface area contributed by atoms with Crippen molar-refractivity contribution in [1.82, 2.24) is 0 Å². The molecule has 14 heavy (non-hydrogen) atoms. The maximum Gasteiger partial charge on any atom is 0.133 e. The summed E-state index contributed by atoms with van der Waals surface area (Å²) in [5.41, 5.74) is 1.04. The van der Waals surface area contributed by atoms with E-state index in [-0.39, 0.29) is 0 Å². The van der Waals surface area contributed by atoms with Crippen LogP contribution in [0.1, 0.15) is 19.4 Å². The molecule has 0 aliphatic carbocycles. The highest BCUT2D eigenvalue weighted by molar-refractivity contribution is 5.74. The number of ether oxygens (including phenoxy) is 1. The molecule has 1 aliphatic rings.